The fourth-order valence-corrected chi connectivity index (χ4v) is 6.31. The Morgan fingerprint density at radius 2 is 1.48 bits per heavy atom. The Morgan fingerprint density at radius 1 is 0.783 bits per heavy atom. The first-order valence-corrected chi connectivity index (χ1v) is 17.3. The van der Waals surface area contributed by atoms with Gasteiger partial charge in [-0.05, 0) is 117 Å². The van der Waals surface area contributed by atoms with E-state index in [1.165, 1.54) is 23.4 Å². The minimum atomic E-state index is 0.150. The molecule has 0 unspecified atom stereocenters. The van der Waals surface area contributed by atoms with E-state index < -0.39 is 0 Å². The van der Waals surface area contributed by atoms with Gasteiger partial charge in [0.2, 0.25) is 0 Å². The summed E-state index contributed by atoms with van der Waals surface area (Å²) >= 11 is 0. The lowest BCUT2D eigenvalue weighted by Gasteiger charge is -2.31. The van der Waals surface area contributed by atoms with E-state index in [9.17, 15) is 0 Å². The number of nitrogens with zero attached hydrogens (tertiary/aromatic N) is 2. The fraction of sp³-hybridized carbons (Fsp3) is 0.585. The number of benzene rings is 2. The van der Waals surface area contributed by atoms with Crippen molar-refractivity contribution >= 4 is 5.69 Å². The lowest BCUT2D eigenvalue weighted by Crippen LogP contribution is -2.44. The molecule has 2 aromatic carbocycles. The molecule has 0 amide bonds. The average Bonchev–Trinajstić information content (AvgIpc) is 3.39. The molecule has 1 aliphatic rings. The van der Waals surface area contributed by atoms with Crippen molar-refractivity contribution in [3.8, 4) is 11.5 Å². The van der Waals surface area contributed by atoms with Gasteiger partial charge in [0, 0.05) is 30.4 Å². The van der Waals surface area contributed by atoms with E-state index in [0.29, 0.717) is 12.6 Å². The molecule has 1 aromatic heterocycles. The van der Waals surface area contributed by atoms with Crippen LogP contribution in [0.2, 0.25) is 0 Å². The third-order valence-corrected chi connectivity index (χ3v) is 8.68. The second-order valence-corrected chi connectivity index (χ2v) is 17.5. The molecule has 1 saturated heterocycles. The zero-order valence-electron chi connectivity index (χ0n) is 30.5. The van der Waals surface area contributed by atoms with E-state index >= 15 is 0 Å². The lowest BCUT2D eigenvalue weighted by atomic mass is 9.74. The minimum absolute atomic E-state index is 0.150. The number of hydrogen-bond acceptors (Lipinski definition) is 5. The molecule has 3 aromatic rings. The maximum Gasteiger partial charge on any atom is 0.127 e. The van der Waals surface area contributed by atoms with Gasteiger partial charge in [0.15, 0.2) is 0 Å². The van der Waals surface area contributed by atoms with Crippen LogP contribution in [0.3, 0.4) is 0 Å². The first kappa shape index (κ1) is 36.0. The van der Waals surface area contributed by atoms with Crippen molar-refractivity contribution in [2.75, 3.05) is 24.6 Å². The largest absolute Gasteiger partial charge is 0.457 e. The van der Waals surface area contributed by atoms with Crippen molar-refractivity contribution in [1.82, 2.24) is 10.3 Å². The molecule has 0 radical (unpaired) electrons. The second kappa shape index (κ2) is 14.9. The molecule has 0 spiro atoms. The molecule has 46 heavy (non-hydrogen) atoms. The summed E-state index contributed by atoms with van der Waals surface area (Å²) in [6.45, 7) is 26.4. The van der Waals surface area contributed by atoms with Crippen LogP contribution < -0.4 is 15.0 Å². The van der Waals surface area contributed by atoms with Gasteiger partial charge in [-0.1, -0.05) is 72.7 Å². The van der Waals surface area contributed by atoms with Crippen LogP contribution in [0, 0.1) is 16.2 Å². The molecule has 5 heteroatoms. The van der Waals surface area contributed by atoms with Gasteiger partial charge in [0.1, 0.15) is 11.5 Å². The fourth-order valence-electron chi connectivity index (χ4n) is 6.31. The normalized spacial score (nSPS) is 16.2. The number of pyridine rings is 1. The summed E-state index contributed by atoms with van der Waals surface area (Å²) in [5, 5.41) is 3.75. The van der Waals surface area contributed by atoms with Gasteiger partial charge >= 0.3 is 0 Å². The van der Waals surface area contributed by atoms with Crippen molar-refractivity contribution in [2.45, 2.75) is 120 Å². The van der Waals surface area contributed by atoms with Gasteiger partial charge in [-0.3, -0.25) is 4.98 Å². The Hall–Kier alpha value is -2.89. The summed E-state index contributed by atoms with van der Waals surface area (Å²) in [6, 6.07) is 21.9. The quantitative estimate of drug-likeness (QED) is 0.193. The van der Waals surface area contributed by atoms with Crippen molar-refractivity contribution in [3.05, 3.63) is 83.7 Å². The summed E-state index contributed by atoms with van der Waals surface area (Å²) < 4.78 is 12.1. The predicted octanol–water partition coefficient (Wildman–Crippen LogP) is 10.0. The molecule has 0 aliphatic carbocycles. The van der Waals surface area contributed by atoms with Crippen LogP contribution >= 0.6 is 0 Å². The van der Waals surface area contributed by atoms with Crippen LogP contribution in [0.15, 0.2) is 66.9 Å². The standard InChI is InChI=1S/C41H61N3O2/c1-38(2,3)30-45-29-31-14-18-36(19-15-31)46-37-13-11-12-32(24-37)25-40(7,8)21-22-41(9,10)26-33-16-17-35(27-42-33)44-23-20-34(28-44)43-39(4,5)6/h11-19,24,27,34,43H,20-23,25-26,28-30H2,1-10H3/t34-/m1/s1. The van der Waals surface area contributed by atoms with E-state index in [1.807, 2.05) is 18.2 Å². The highest BCUT2D eigenvalue weighted by atomic mass is 16.5. The highest BCUT2D eigenvalue weighted by Crippen LogP contribution is 2.36. The molecule has 0 saturated carbocycles. The first-order valence-electron chi connectivity index (χ1n) is 17.3. The van der Waals surface area contributed by atoms with Gasteiger partial charge in [-0.15, -0.1) is 0 Å². The molecular formula is C41H61N3O2. The second-order valence-electron chi connectivity index (χ2n) is 17.5. The van der Waals surface area contributed by atoms with E-state index in [0.717, 1.165) is 62.4 Å². The number of hydrogen-bond donors (Lipinski definition) is 1. The predicted molar refractivity (Wildman–Crippen MR) is 194 cm³/mol. The number of nitrogens with one attached hydrogen (secondary N) is 1. The zero-order valence-corrected chi connectivity index (χ0v) is 30.5. The molecule has 1 N–H and O–H groups in total. The first-order chi connectivity index (χ1) is 21.4. The minimum Gasteiger partial charge on any atom is -0.457 e. The number of rotatable bonds is 14. The highest BCUT2D eigenvalue weighted by molar-refractivity contribution is 5.46. The summed E-state index contributed by atoms with van der Waals surface area (Å²) in [7, 11) is 0. The lowest BCUT2D eigenvalue weighted by molar-refractivity contribution is 0.0599. The van der Waals surface area contributed by atoms with Gasteiger partial charge in [-0.25, -0.2) is 0 Å². The molecule has 0 bridgehead atoms. The molecule has 1 atom stereocenters. The third-order valence-electron chi connectivity index (χ3n) is 8.68. The molecule has 4 rings (SSSR count). The maximum absolute atomic E-state index is 6.24. The Labute approximate surface area is 280 Å². The summed E-state index contributed by atoms with van der Waals surface area (Å²) in [4.78, 5) is 7.38. The van der Waals surface area contributed by atoms with Crippen molar-refractivity contribution in [1.29, 1.82) is 0 Å². The molecule has 1 aliphatic heterocycles. The van der Waals surface area contributed by atoms with E-state index in [4.69, 9.17) is 14.5 Å². The average molecular weight is 628 g/mol. The molecule has 2 heterocycles. The van der Waals surface area contributed by atoms with E-state index in [1.54, 1.807) is 0 Å². The molecular weight excluding hydrogens is 566 g/mol. The van der Waals surface area contributed by atoms with Crippen molar-refractivity contribution in [3.63, 3.8) is 0 Å². The van der Waals surface area contributed by atoms with Crippen LogP contribution in [0.1, 0.15) is 105 Å². The SMILES string of the molecule is CC(C)(C)COCc1ccc(Oc2cccc(CC(C)(C)CCC(C)(C)Cc3ccc(N4CC[C@@H](NC(C)(C)C)C4)cn3)c2)cc1. The molecule has 1 fully saturated rings. The third kappa shape index (κ3) is 12.4. The van der Waals surface area contributed by atoms with E-state index in [-0.39, 0.29) is 21.8 Å². The highest BCUT2D eigenvalue weighted by Gasteiger charge is 2.28. The van der Waals surface area contributed by atoms with Crippen LogP contribution in [-0.2, 0) is 24.2 Å². The Bertz CT molecular complexity index is 1360. The van der Waals surface area contributed by atoms with Gasteiger partial charge in [0.25, 0.3) is 0 Å². The van der Waals surface area contributed by atoms with Gasteiger partial charge < -0.3 is 19.7 Å². The Kier molecular flexibility index (Phi) is 11.6. The van der Waals surface area contributed by atoms with Crippen LogP contribution in [0.4, 0.5) is 5.69 Å². The van der Waals surface area contributed by atoms with Crippen LogP contribution in [-0.4, -0.2) is 36.3 Å². The summed E-state index contributed by atoms with van der Waals surface area (Å²) in [6.07, 6.45) is 7.57. The monoisotopic (exact) mass is 627 g/mol. The molecule has 5 nitrogen and oxygen atoms in total. The maximum atomic E-state index is 6.24. The summed E-state index contributed by atoms with van der Waals surface area (Å²) in [5.41, 5.74) is 5.57. The van der Waals surface area contributed by atoms with E-state index in [2.05, 4.69) is 128 Å². The smallest absolute Gasteiger partial charge is 0.127 e. The van der Waals surface area contributed by atoms with Gasteiger partial charge in [0.05, 0.1) is 25.1 Å². The van der Waals surface area contributed by atoms with Crippen molar-refractivity contribution in [2.24, 2.45) is 16.2 Å². The number of anilines is 1. The van der Waals surface area contributed by atoms with Crippen LogP contribution in [0.25, 0.3) is 0 Å². The molecule has 252 valence electrons. The topological polar surface area (TPSA) is 46.6 Å². The Balaban J connectivity index is 1.25. The summed E-state index contributed by atoms with van der Waals surface area (Å²) in [5.74, 6) is 1.73. The number of ether oxygens (including phenoxy) is 2. The zero-order chi connectivity index (χ0) is 33.6. The van der Waals surface area contributed by atoms with Crippen molar-refractivity contribution < 1.29 is 9.47 Å². The number of aromatic nitrogens is 1. The van der Waals surface area contributed by atoms with Crippen LogP contribution in [0.5, 0.6) is 11.5 Å². The van der Waals surface area contributed by atoms with Gasteiger partial charge in [-0.2, -0.15) is 0 Å². The Morgan fingerprint density at radius 3 is 2.11 bits per heavy atom.